The second kappa shape index (κ2) is 38.5. The molecule has 31 heteroatoms. The van der Waals surface area contributed by atoms with Gasteiger partial charge in [0.25, 0.3) is 0 Å². The Balaban J connectivity index is 0. The molecule has 488 valence electrons. The molecule has 1 aliphatic rings. The molecule has 0 bridgehead atoms. The quantitative estimate of drug-likeness (QED) is 0.0149. The van der Waals surface area contributed by atoms with Crippen molar-refractivity contribution in [2.75, 3.05) is 120 Å². The van der Waals surface area contributed by atoms with Gasteiger partial charge in [-0.2, -0.15) is 0 Å². The minimum Gasteiger partial charge on any atom is -0.798 e. The van der Waals surface area contributed by atoms with Crippen molar-refractivity contribution in [3.8, 4) is 0 Å². The van der Waals surface area contributed by atoms with Crippen molar-refractivity contribution < 1.29 is 90.4 Å². The normalized spacial score (nSPS) is 15.5. The van der Waals surface area contributed by atoms with Gasteiger partial charge in [-0.15, -0.1) is 0 Å². The molecule has 0 saturated carbocycles. The third-order valence-corrected chi connectivity index (χ3v) is 45.7. The van der Waals surface area contributed by atoms with Crippen LogP contribution >= 0.6 is 15.2 Å². The summed E-state index contributed by atoms with van der Waals surface area (Å²) in [5.74, 6) is -0.766. The summed E-state index contributed by atoms with van der Waals surface area (Å²) >= 11 is 0. The van der Waals surface area contributed by atoms with E-state index in [9.17, 15) is 23.6 Å². The van der Waals surface area contributed by atoms with Gasteiger partial charge >= 0.3 is 54.0 Å². The molecule has 1 fully saturated rings. The molecule has 1 unspecified atom stereocenters. The number of nitrogens with zero attached hydrogens (tertiary/aromatic N) is 2. The van der Waals surface area contributed by atoms with Crippen molar-refractivity contribution >= 4 is 94.6 Å². The van der Waals surface area contributed by atoms with Crippen LogP contribution < -0.4 is 4.89 Å². The van der Waals surface area contributed by atoms with Crippen molar-refractivity contribution in [2.24, 2.45) is 0 Å². The fourth-order valence-electron chi connectivity index (χ4n) is 9.29. The zero-order valence-electron chi connectivity index (χ0n) is 55.6. The van der Waals surface area contributed by atoms with Crippen molar-refractivity contribution in [1.82, 2.24) is 4.90 Å². The standard InChI is InChI=1S/C26H60NO9PSi4.C22H51NO6Si4.C3H7O4P/c1-25(2)26(29)33-20-19-32-18-15-23-39(7,8)35-41(11,12)36-40(9,10)34-38(5,6)22-14-17-27(3,4)16-13-21-37(30,31)24-28;1-21(2)22(24)26-18-17-25-16-14-20-31(7,8)28-33(11,12)29-32(9,10)27-30(5,6)19-13-15-23(3)4;1-5-8(4)6-2-3-7-8/h28H,1,13-24H2,2-12H3;1,13-20H2,2-12H3;2-3H2,1H3. The van der Waals surface area contributed by atoms with Gasteiger partial charge < -0.3 is 67.6 Å². The third-order valence-electron chi connectivity index (χ3n) is 12.0. The van der Waals surface area contributed by atoms with E-state index in [2.05, 4.69) is 165 Å². The average Bonchev–Trinajstić information content (AvgIpc) is 3.72. The van der Waals surface area contributed by atoms with E-state index in [1.807, 2.05) is 0 Å². The highest BCUT2D eigenvalue weighted by Crippen LogP contribution is 2.51. The topological polar surface area (TPSA) is 235 Å². The summed E-state index contributed by atoms with van der Waals surface area (Å²) in [6, 6.07) is 4.08. The van der Waals surface area contributed by atoms with Gasteiger partial charge in [0, 0.05) is 45.3 Å². The van der Waals surface area contributed by atoms with Crippen molar-refractivity contribution in [3.05, 3.63) is 24.3 Å². The highest BCUT2D eigenvalue weighted by molar-refractivity contribution is 7.56. The molecule has 0 radical (unpaired) electrons. The SMILES string of the molecule is C=C(C)C(=O)OCCOCCC[Si](C)(C)O[Si](C)(C)O[Si](C)(C)O[Si](C)(C)CCCN(C)C.C=C(C)C(=O)OCCOCCC[Si](C)(C)O[Si](C)(C)O[Si](C)(C)O[Si](C)(C)CCC[N+](C)(C)CCCP(=O)([O-])CO.COP1(=O)OCCO1. The number of aliphatic hydroxyl groups is 1. The molecule has 82 heavy (non-hydrogen) atoms. The minimum absolute atomic E-state index is 0.0512. The molecule has 1 heterocycles. The first-order valence-corrected chi connectivity index (χ1v) is 56.1. The van der Waals surface area contributed by atoms with Crippen LogP contribution in [0.25, 0.3) is 0 Å². The molecule has 1 N–H and O–H groups in total. The highest BCUT2D eigenvalue weighted by Gasteiger charge is 2.45. The molecule has 0 aromatic carbocycles. The summed E-state index contributed by atoms with van der Waals surface area (Å²) in [4.78, 5) is 36.6. The number of ether oxygens (including phenoxy) is 4. The summed E-state index contributed by atoms with van der Waals surface area (Å²) in [5, 5.41) is 8.95. The smallest absolute Gasteiger partial charge is 0.474 e. The fraction of sp³-hybridized carbons (Fsp3) is 0.882. The Morgan fingerprint density at radius 2 is 0.902 bits per heavy atom. The molecule has 1 aliphatic heterocycles. The third kappa shape index (κ3) is 46.2. The van der Waals surface area contributed by atoms with Crippen LogP contribution in [-0.2, 0) is 75.9 Å². The van der Waals surface area contributed by atoms with Crippen LogP contribution in [0.15, 0.2) is 24.3 Å². The Labute approximate surface area is 506 Å². The van der Waals surface area contributed by atoms with Crippen LogP contribution in [0.1, 0.15) is 46.0 Å². The molecule has 21 nitrogen and oxygen atoms in total. The Hall–Kier alpha value is 0.0151. The van der Waals surface area contributed by atoms with Gasteiger partial charge in [0.15, 0.2) is 33.3 Å². The monoisotopic (exact) mass is 1350 g/mol. The molecular weight excluding hydrogens is 1230 g/mol. The van der Waals surface area contributed by atoms with E-state index >= 15 is 0 Å². The van der Waals surface area contributed by atoms with E-state index in [-0.39, 0.29) is 25.3 Å². The van der Waals surface area contributed by atoms with Crippen LogP contribution in [0.2, 0.25) is 129 Å². The van der Waals surface area contributed by atoms with Crippen LogP contribution in [0.4, 0.5) is 0 Å². The summed E-state index contributed by atoms with van der Waals surface area (Å²) in [5.41, 5.74) is 0.788. The molecule has 1 saturated heterocycles. The van der Waals surface area contributed by atoms with E-state index in [0.717, 1.165) is 74.0 Å². The van der Waals surface area contributed by atoms with Gasteiger partial charge in [0.05, 0.1) is 60.0 Å². The number of carbonyl (C=O) groups is 2. The number of phosphoric acid groups is 1. The summed E-state index contributed by atoms with van der Waals surface area (Å²) in [6.45, 7) is 51.4. The van der Waals surface area contributed by atoms with Crippen LogP contribution in [-0.4, -0.2) is 214 Å². The Morgan fingerprint density at radius 1 is 0.573 bits per heavy atom. The molecule has 0 spiro atoms. The zero-order chi connectivity index (χ0) is 64.1. The van der Waals surface area contributed by atoms with Crippen molar-refractivity contribution in [3.63, 3.8) is 0 Å². The fourth-order valence-corrected chi connectivity index (χ4v) is 49.5. The lowest BCUT2D eigenvalue weighted by Crippen LogP contribution is -2.56. The molecule has 0 aromatic rings. The maximum absolute atomic E-state index is 11.6. The van der Waals surface area contributed by atoms with E-state index in [1.165, 1.54) is 7.11 Å². The highest BCUT2D eigenvalue weighted by atomic mass is 31.2. The number of esters is 2. The van der Waals surface area contributed by atoms with E-state index in [1.54, 1.807) is 13.8 Å². The maximum Gasteiger partial charge on any atom is 0.474 e. The summed E-state index contributed by atoms with van der Waals surface area (Å²) in [7, 11) is -14.0. The maximum atomic E-state index is 11.6. The second-order valence-electron chi connectivity index (χ2n) is 26.2. The molecule has 0 aliphatic carbocycles. The minimum atomic E-state index is -3.64. The first kappa shape index (κ1) is 84.1. The molecule has 1 rings (SSSR count). The number of rotatable bonds is 42. The van der Waals surface area contributed by atoms with E-state index < -0.39 is 95.0 Å². The van der Waals surface area contributed by atoms with Crippen LogP contribution in [0.3, 0.4) is 0 Å². The molecular formula is C51H118N2O19P2Si8. The van der Waals surface area contributed by atoms with Gasteiger partial charge in [0.1, 0.15) is 13.2 Å². The Kier molecular flexibility index (Phi) is 39.5. The predicted octanol–water partition coefficient (Wildman–Crippen LogP) is 10.9. The van der Waals surface area contributed by atoms with Gasteiger partial charge in [-0.1, -0.05) is 13.2 Å². The lowest BCUT2D eigenvalue weighted by molar-refractivity contribution is -0.890. The number of carbonyl (C=O) groups excluding carboxylic acids is 2. The number of hydrogen-bond donors (Lipinski definition) is 1. The zero-order valence-corrected chi connectivity index (χ0v) is 65.3. The average molecular weight is 1350 g/mol. The predicted molar refractivity (Wildman–Crippen MR) is 348 cm³/mol. The van der Waals surface area contributed by atoms with E-state index in [0.29, 0.717) is 57.2 Å². The Bertz CT molecular complexity index is 1980. The van der Waals surface area contributed by atoms with Gasteiger partial charge in [-0.05, 0) is 195 Å². The first-order valence-electron chi connectivity index (χ1n) is 28.9. The number of quaternary nitrogens is 1. The molecule has 0 amide bonds. The summed E-state index contributed by atoms with van der Waals surface area (Å²) in [6.07, 6.45) is 3.81. The van der Waals surface area contributed by atoms with Crippen molar-refractivity contribution in [1.29, 1.82) is 0 Å². The largest absolute Gasteiger partial charge is 0.798 e. The van der Waals surface area contributed by atoms with E-state index in [4.69, 9.17) is 48.7 Å². The Morgan fingerprint density at radius 3 is 1.21 bits per heavy atom. The summed E-state index contributed by atoms with van der Waals surface area (Å²) < 4.78 is 98.0. The van der Waals surface area contributed by atoms with Crippen molar-refractivity contribution in [2.45, 2.75) is 175 Å². The first-order chi connectivity index (χ1) is 37.1. The lowest BCUT2D eigenvalue weighted by atomic mass is 10.3. The number of hydrogen-bond acceptors (Lipinski definition) is 20. The van der Waals surface area contributed by atoms with Gasteiger partial charge in [-0.25, -0.2) is 14.2 Å². The number of aliphatic hydroxyl groups excluding tert-OH is 1. The lowest BCUT2D eigenvalue weighted by Gasteiger charge is -2.41. The van der Waals surface area contributed by atoms with Gasteiger partial charge in [0.2, 0.25) is 0 Å². The molecule has 0 aromatic heterocycles. The van der Waals surface area contributed by atoms with Gasteiger partial charge in [-0.3, -0.25) is 13.6 Å². The molecule has 1 atom stereocenters. The number of phosphoric ester groups is 1. The second-order valence-corrected chi connectivity index (χ2v) is 62.5. The van der Waals surface area contributed by atoms with Crippen LogP contribution in [0.5, 0.6) is 0 Å². The van der Waals surface area contributed by atoms with Crippen LogP contribution in [0, 0.1) is 0 Å².